The summed E-state index contributed by atoms with van der Waals surface area (Å²) in [7, 11) is 1.38. The Bertz CT molecular complexity index is 962. The van der Waals surface area contributed by atoms with Gasteiger partial charge >= 0.3 is 5.97 Å². The second-order valence-electron chi connectivity index (χ2n) is 6.96. The molecule has 6 nitrogen and oxygen atoms in total. The van der Waals surface area contributed by atoms with Gasteiger partial charge in [-0.1, -0.05) is 18.2 Å². The van der Waals surface area contributed by atoms with E-state index in [0.29, 0.717) is 24.5 Å². The fourth-order valence-corrected chi connectivity index (χ4v) is 3.83. The Hall–Kier alpha value is -2.93. The molecule has 1 fully saturated rings. The van der Waals surface area contributed by atoms with Gasteiger partial charge < -0.3 is 14.3 Å². The van der Waals surface area contributed by atoms with Gasteiger partial charge in [0.15, 0.2) is 23.0 Å². The summed E-state index contributed by atoms with van der Waals surface area (Å²) in [4.78, 5) is 18.3. The molecular formula is C21H21FN2O4. The van der Waals surface area contributed by atoms with Crippen LogP contribution in [-0.4, -0.2) is 41.2 Å². The van der Waals surface area contributed by atoms with E-state index in [1.165, 1.54) is 19.2 Å². The third-order valence-corrected chi connectivity index (χ3v) is 5.28. The van der Waals surface area contributed by atoms with Gasteiger partial charge in [0.2, 0.25) is 0 Å². The quantitative estimate of drug-likeness (QED) is 0.717. The van der Waals surface area contributed by atoms with Crippen LogP contribution < -0.4 is 4.74 Å². The lowest BCUT2D eigenvalue weighted by Crippen LogP contribution is -2.39. The summed E-state index contributed by atoms with van der Waals surface area (Å²) < 4.78 is 24.9. The molecule has 0 unspecified atom stereocenters. The second-order valence-corrected chi connectivity index (χ2v) is 6.96. The number of oxazole rings is 1. The van der Waals surface area contributed by atoms with Crippen molar-refractivity contribution in [1.82, 2.24) is 9.88 Å². The van der Waals surface area contributed by atoms with Gasteiger partial charge in [-0.15, -0.1) is 0 Å². The second kappa shape index (κ2) is 7.59. The standard InChI is InChI=1S/C21H21FN2O4/c1-27-17-7-6-14(12-15(17)22)19(21(25)26)24-10-8-13(9-11-24)20-23-16-4-2-3-5-18(16)28-20/h2-7,12-13,19H,8-11H2,1H3,(H,25,26)/t19-/m1/s1. The highest BCUT2D eigenvalue weighted by molar-refractivity contribution is 5.75. The van der Waals surface area contributed by atoms with E-state index in [9.17, 15) is 14.3 Å². The van der Waals surface area contributed by atoms with Crippen LogP contribution in [-0.2, 0) is 4.79 Å². The predicted octanol–water partition coefficient (Wildman–Crippen LogP) is 3.98. The number of carboxylic acids is 1. The number of nitrogens with zero attached hydrogens (tertiary/aromatic N) is 2. The average Bonchev–Trinajstić information content (AvgIpc) is 3.13. The first kappa shape index (κ1) is 18.4. The first-order valence-electron chi connectivity index (χ1n) is 9.22. The summed E-state index contributed by atoms with van der Waals surface area (Å²) in [6.07, 6.45) is 1.46. The van der Waals surface area contributed by atoms with Crippen molar-refractivity contribution in [3.63, 3.8) is 0 Å². The third kappa shape index (κ3) is 3.45. The van der Waals surface area contributed by atoms with Crippen LogP contribution in [0.5, 0.6) is 5.75 Å². The van der Waals surface area contributed by atoms with Gasteiger partial charge in [0.05, 0.1) is 7.11 Å². The third-order valence-electron chi connectivity index (χ3n) is 5.28. The minimum Gasteiger partial charge on any atom is -0.494 e. The molecule has 0 aliphatic carbocycles. The number of hydrogen-bond donors (Lipinski definition) is 1. The summed E-state index contributed by atoms with van der Waals surface area (Å²) in [5.74, 6) is -0.617. The minimum absolute atomic E-state index is 0.0996. The lowest BCUT2D eigenvalue weighted by molar-refractivity contribution is -0.144. The van der Waals surface area contributed by atoms with Crippen LogP contribution in [0.1, 0.15) is 36.3 Å². The van der Waals surface area contributed by atoms with Gasteiger partial charge in [0.1, 0.15) is 11.6 Å². The molecule has 2 heterocycles. The van der Waals surface area contributed by atoms with Crippen molar-refractivity contribution in [2.45, 2.75) is 24.8 Å². The molecule has 1 N–H and O–H groups in total. The van der Waals surface area contributed by atoms with Crippen molar-refractivity contribution in [2.75, 3.05) is 20.2 Å². The number of hydrogen-bond acceptors (Lipinski definition) is 5. The van der Waals surface area contributed by atoms with Crippen molar-refractivity contribution in [3.05, 3.63) is 59.7 Å². The summed E-state index contributed by atoms with van der Waals surface area (Å²) in [6.45, 7) is 1.13. The number of carbonyl (C=O) groups is 1. The summed E-state index contributed by atoms with van der Waals surface area (Å²) >= 11 is 0. The Balaban J connectivity index is 1.50. The highest BCUT2D eigenvalue weighted by atomic mass is 19.1. The molecule has 3 aromatic rings. The first-order chi connectivity index (χ1) is 13.6. The van der Waals surface area contributed by atoms with Gasteiger partial charge in [0.25, 0.3) is 0 Å². The molecule has 0 radical (unpaired) electrons. The van der Waals surface area contributed by atoms with Crippen molar-refractivity contribution in [2.24, 2.45) is 0 Å². The molecule has 7 heteroatoms. The SMILES string of the molecule is COc1ccc([C@H](C(=O)O)N2CCC(c3nc4ccccc4o3)CC2)cc1F. The number of para-hydroxylation sites is 2. The van der Waals surface area contributed by atoms with Crippen LogP contribution in [0.15, 0.2) is 46.9 Å². The maximum absolute atomic E-state index is 14.1. The van der Waals surface area contributed by atoms with E-state index >= 15 is 0 Å². The van der Waals surface area contributed by atoms with E-state index in [-0.39, 0.29) is 11.7 Å². The Kier molecular flexibility index (Phi) is 5.00. The highest BCUT2D eigenvalue weighted by Gasteiger charge is 2.33. The molecule has 1 atom stereocenters. The van der Waals surface area contributed by atoms with E-state index in [1.54, 1.807) is 6.07 Å². The maximum atomic E-state index is 14.1. The Morgan fingerprint density at radius 3 is 2.68 bits per heavy atom. The molecule has 4 rings (SSSR count). The Morgan fingerprint density at radius 2 is 2.04 bits per heavy atom. The Labute approximate surface area is 161 Å². The van der Waals surface area contributed by atoms with E-state index in [4.69, 9.17) is 9.15 Å². The lowest BCUT2D eigenvalue weighted by atomic mass is 9.94. The number of fused-ring (bicyclic) bond motifs is 1. The van der Waals surface area contributed by atoms with Crippen LogP contribution in [0.3, 0.4) is 0 Å². The molecule has 1 aliphatic heterocycles. The number of aliphatic carboxylic acids is 1. The lowest BCUT2D eigenvalue weighted by Gasteiger charge is -2.34. The molecule has 0 bridgehead atoms. The monoisotopic (exact) mass is 384 g/mol. The number of halogens is 1. The van der Waals surface area contributed by atoms with Crippen molar-refractivity contribution in [3.8, 4) is 5.75 Å². The summed E-state index contributed by atoms with van der Waals surface area (Å²) in [6, 6.07) is 11.0. The zero-order chi connectivity index (χ0) is 19.7. The van der Waals surface area contributed by atoms with Gasteiger partial charge in [-0.25, -0.2) is 9.37 Å². The fourth-order valence-electron chi connectivity index (χ4n) is 3.83. The van der Waals surface area contributed by atoms with E-state index in [0.717, 1.165) is 23.9 Å². The van der Waals surface area contributed by atoms with Crippen LogP contribution in [0.2, 0.25) is 0 Å². The zero-order valence-corrected chi connectivity index (χ0v) is 15.5. The highest BCUT2D eigenvalue weighted by Crippen LogP contribution is 2.34. The van der Waals surface area contributed by atoms with Crippen molar-refractivity contribution in [1.29, 1.82) is 0 Å². The molecule has 1 aromatic heterocycles. The molecule has 0 spiro atoms. The number of ether oxygens (including phenoxy) is 1. The number of carboxylic acid groups (broad SMARTS) is 1. The first-order valence-corrected chi connectivity index (χ1v) is 9.22. The van der Waals surface area contributed by atoms with Gasteiger partial charge in [-0.05, 0) is 42.7 Å². The number of piperidine rings is 1. The van der Waals surface area contributed by atoms with Gasteiger partial charge in [-0.2, -0.15) is 0 Å². The molecule has 28 heavy (non-hydrogen) atoms. The maximum Gasteiger partial charge on any atom is 0.325 e. The van der Waals surface area contributed by atoms with E-state index in [2.05, 4.69) is 4.98 Å². The number of benzene rings is 2. The number of likely N-dealkylation sites (tertiary alicyclic amines) is 1. The summed E-state index contributed by atoms with van der Waals surface area (Å²) in [5, 5.41) is 9.75. The van der Waals surface area contributed by atoms with E-state index in [1.807, 2.05) is 29.2 Å². The van der Waals surface area contributed by atoms with Crippen LogP contribution >= 0.6 is 0 Å². The van der Waals surface area contributed by atoms with Gasteiger partial charge in [-0.3, -0.25) is 9.69 Å². The average molecular weight is 384 g/mol. The molecule has 1 aliphatic rings. The minimum atomic E-state index is -0.995. The van der Waals surface area contributed by atoms with Gasteiger partial charge in [0, 0.05) is 19.0 Å². The topological polar surface area (TPSA) is 75.8 Å². The molecule has 1 saturated heterocycles. The molecule has 0 amide bonds. The Morgan fingerprint density at radius 1 is 1.29 bits per heavy atom. The van der Waals surface area contributed by atoms with E-state index < -0.39 is 17.8 Å². The predicted molar refractivity (Wildman–Crippen MR) is 101 cm³/mol. The molecular weight excluding hydrogens is 363 g/mol. The molecule has 2 aromatic carbocycles. The summed E-state index contributed by atoms with van der Waals surface area (Å²) in [5.41, 5.74) is 2.00. The molecule has 0 saturated carbocycles. The van der Waals surface area contributed by atoms with Crippen molar-refractivity contribution < 1.29 is 23.4 Å². The van der Waals surface area contributed by atoms with Crippen LogP contribution in [0, 0.1) is 5.82 Å². The molecule has 146 valence electrons. The number of aromatic nitrogens is 1. The fraction of sp³-hybridized carbons (Fsp3) is 0.333. The number of methoxy groups -OCH3 is 1. The smallest absolute Gasteiger partial charge is 0.325 e. The number of rotatable bonds is 5. The normalized spacial score (nSPS) is 16.9. The van der Waals surface area contributed by atoms with Crippen LogP contribution in [0.4, 0.5) is 4.39 Å². The largest absolute Gasteiger partial charge is 0.494 e. The van der Waals surface area contributed by atoms with Crippen LogP contribution in [0.25, 0.3) is 11.1 Å². The zero-order valence-electron chi connectivity index (χ0n) is 15.5. The van der Waals surface area contributed by atoms with Crippen molar-refractivity contribution >= 4 is 17.1 Å².